The lowest BCUT2D eigenvalue weighted by atomic mass is 10.1. The van der Waals surface area contributed by atoms with Crippen LogP contribution in [0.1, 0.15) is 5.56 Å². The number of anilines is 1. The predicted octanol–water partition coefficient (Wildman–Crippen LogP) is 0.750. The van der Waals surface area contributed by atoms with E-state index in [2.05, 4.69) is 37.8 Å². The third-order valence-electron chi connectivity index (χ3n) is 2.89. The highest BCUT2D eigenvalue weighted by atomic mass is 15.4. The lowest BCUT2D eigenvalue weighted by Gasteiger charge is -2.02. The predicted molar refractivity (Wildman–Crippen MR) is 71.1 cm³/mol. The van der Waals surface area contributed by atoms with Crippen molar-refractivity contribution in [1.82, 2.24) is 25.0 Å². The highest BCUT2D eigenvalue weighted by Crippen LogP contribution is 2.14. The minimum atomic E-state index is 0.482. The first kappa shape index (κ1) is 11.5. The van der Waals surface area contributed by atoms with Crippen molar-refractivity contribution in [2.24, 2.45) is 5.84 Å². The third kappa shape index (κ3) is 2.23. The normalized spacial score (nSPS) is 10.8. The molecule has 0 saturated carbocycles. The Morgan fingerprint density at radius 3 is 2.79 bits per heavy atom. The van der Waals surface area contributed by atoms with Crippen LogP contribution >= 0.6 is 0 Å². The average molecular weight is 255 g/mol. The number of aryl methyl sites for hydroxylation is 2. The van der Waals surface area contributed by atoms with Crippen LogP contribution in [0.25, 0.3) is 11.2 Å². The number of nitrogens with one attached hydrogen (secondary N) is 1. The Balaban J connectivity index is 1.86. The molecule has 7 nitrogen and oxygen atoms in total. The van der Waals surface area contributed by atoms with Gasteiger partial charge in [0.15, 0.2) is 17.0 Å². The maximum absolute atomic E-state index is 5.37. The standard InChI is InChI=1S/C12H13N7/c13-16-11-10-12(15-8-14-11)19(18-17-10)7-6-9-4-2-1-3-5-9/h1-5,8H,6-7,13H2,(H,14,15,16). The van der Waals surface area contributed by atoms with Gasteiger partial charge in [0.05, 0.1) is 0 Å². The number of benzene rings is 1. The fraction of sp³-hybridized carbons (Fsp3) is 0.167. The molecule has 0 atom stereocenters. The number of rotatable bonds is 4. The summed E-state index contributed by atoms with van der Waals surface area (Å²) in [6, 6.07) is 10.2. The van der Waals surface area contributed by atoms with Crippen molar-refractivity contribution in [3.05, 3.63) is 42.2 Å². The molecular weight excluding hydrogens is 242 g/mol. The first-order valence-corrected chi connectivity index (χ1v) is 5.93. The molecule has 3 aromatic rings. The summed E-state index contributed by atoms with van der Waals surface area (Å²) < 4.78 is 1.75. The summed E-state index contributed by atoms with van der Waals surface area (Å²) in [4.78, 5) is 8.19. The number of aromatic nitrogens is 5. The largest absolute Gasteiger partial charge is 0.306 e. The van der Waals surface area contributed by atoms with Gasteiger partial charge in [-0.15, -0.1) is 5.10 Å². The van der Waals surface area contributed by atoms with Gasteiger partial charge in [0.2, 0.25) is 0 Å². The molecule has 0 amide bonds. The lowest BCUT2D eigenvalue weighted by Crippen LogP contribution is -2.09. The molecule has 0 saturated heterocycles. The fourth-order valence-electron chi connectivity index (χ4n) is 1.93. The smallest absolute Gasteiger partial charge is 0.183 e. The van der Waals surface area contributed by atoms with Crippen LogP contribution in [0.15, 0.2) is 36.7 Å². The van der Waals surface area contributed by atoms with Crippen LogP contribution in [0.2, 0.25) is 0 Å². The molecule has 0 aliphatic heterocycles. The van der Waals surface area contributed by atoms with E-state index in [9.17, 15) is 0 Å². The van der Waals surface area contributed by atoms with Crippen molar-refractivity contribution in [2.75, 3.05) is 5.43 Å². The Labute approximate surface area is 109 Å². The molecule has 3 rings (SSSR count). The summed E-state index contributed by atoms with van der Waals surface area (Å²) in [5, 5.41) is 8.13. The molecule has 0 aliphatic rings. The zero-order valence-corrected chi connectivity index (χ0v) is 10.2. The molecule has 2 heterocycles. The van der Waals surface area contributed by atoms with E-state index in [0.717, 1.165) is 6.42 Å². The average Bonchev–Trinajstić information content (AvgIpc) is 2.89. The molecule has 0 bridgehead atoms. The highest BCUT2D eigenvalue weighted by molar-refractivity contribution is 5.81. The molecule has 0 fully saturated rings. The van der Waals surface area contributed by atoms with Gasteiger partial charge < -0.3 is 5.43 Å². The van der Waals surface area contributed by atoms with E-state index in [1.807, 2.05) is 18.2 Å². The zero-order chi connectivity index (χ0) is 13.1. The fourth-order valence-corrected chi connectivity index (χ4v) is 1.93. The van der Waals surface area contributed by atoms with Crippen molar-refractivity contribution in [1.29, 1.82) is 0 Å². The molecule has 0 spiro atoms. The number of nitrogens with zero attached hydrogens (tertiary/aromatic N) is 5. The molecule has 0 radical (unpaired) electrons. The summed E-state index contributed by atoms with van der Waals surface area (Å²) in [6.45, 7) is 0.710. The zero-order valence-electron chi connectivity index (χ0n) is 10.2. The Kier molecular flexibility index (Phi) is 3.03. The second-order valence-electron chi connectivity index (χ2n) is 4.09. The van der Waals surface area contributed by atoms with Crippen LogP contribution in [-0.2, 0) is 13.0 Å². The SMILES string of the molecule is NNc1ncnc2c1nnn2CCc1ccccc1. The van der Waals surface area contributed by atoms with Gasteiger partial charge in [0.1, 0.15) is 6.33 Å². The lowest BCUT2D eigenvalue weighted by molar-refractivity contribution is 0.602. The van der Waals surface area contributed by atoms with E-state index < -0.39 is 0 Å². The molecule has 0 aliphatic carbocycles. The molecule has 2 aromatic heterocycles. The van der Waals surface area contributed by atoms with Crippen LogP contribution in [0.3, 0.4) is 0 Å². The minimum Gasteiger partial charge on any atom is -0.306 e. The Hall–Kier alpha value is -2.54. The first-order valence-electron chi connectivity index (χ1n) is 5.93. The number of hydrogen-bond donors (Lipinski definition) is 2. The van der Waals surface area contributed by atoms with Crippen molar-refractivity contribution in [2.45, 2.75) is 13.0 Å². The van der Waals surface area contributed by atoms with E-state index >= 15 is 0 Å². The van der Waals surface area contributed by atoms with Crippen molar-refractivity contribution >= 4 is 17.0 Å². The van der Waals surface area contributed by atoms with E-state index in [1.54, 1.807) is 4.68 Å². The summed E-state index contributed by atoms with van der Waals surface area (Å²) in [5.74, 6) is 5.86. The Bertz CT molecular complexity index is 677. The number of hydrazine groups is 1. The quantitative estimate of drug-likeness (QED) is 0.527. The van der Waals surface area contributed by atoms with E-state index in [-0.39, 0.29) is 0 Å². The van der Waals surface area contributed by atoms with Gasteiger partial charge in [-0.25, -0.2) is 20.5 Å². The highest BCUT2D eigenvalue weighted by Gasteiger charge is 2.10. The maximum atomic E-state index is 5.37. The van der Waals surface area contributed by atoms with Gasteiger partial charge in [-0.2, -0.15) is 0 Å². The number of hydrogen-bond acceptors (Lipinski definition) is 6. The molecular formula is C12H13N7. The summed E-state index contributed by atoms with van der Waals surface area (Å²) in [5.41, 5.74) is 5.00. The van der Waals surface area contributed by atoms with Crippen LogP contribution in [0.5, 0.6) is 0 Å². The van der Waals surface area contributed by atoms with Gasteiger partial charge in [-0.1, -0.05) is 35.5 Å². The van der Waals surface area contributed by atoms with E-state index in [0.29, 0.717) is 23.5 Å². The van der Waals surface area contributed by atoms with Gasteiger partial charge >= 0.3 is 0 Å². The van der Waals surface area contributed by atoms with Gasteiger partial charge in [-0.3, -0.25) is 0 Å². The Morgan fingerprint density at radius 1 is 1.16 bits per heavy atom. The first-order chi connectivity index (χ1) is 9.38. The van der Waals surface area contributed by atoms with Gasteiger partial charge in [0.25, 0.3) is 0 Å². The maximum Gasteiger partial charge on any atom is 0.183 e. The molecule has 19 heavy (non-hydrogen) atoms. The second-order valence-corrected chi connectivity index (χ2v) is 4.09. The summed E-state index contributed by atoms with van der Waals surface area (Å²) in [7, 11) is 0. The summed E-state index contributed by atoms with van der Waals surface area (Å²) >= 11 is 0. The van der Waals surface area contributed by atoms with Crippen molar-refractivity contribution < 1.29 is 0 Å². The number of nitrogens with two attached hydrogens (primary N) is 1. The van der Waals surface area contributed by atoms with Gasteiger partial charge in [-0.05, 0) is 12.0 Å². The number of fused-ring (bicyclic) bond motifs is 1. The molecule has 96 valence electrons. The van der Waals surface area contributed by atoms with Crippen molar-refractivity contribution in [3.8, 4) is 0 Å². The summed E-state index contributed by atoms with van der Waals surface area (Å²) in [6.07, 6.45) is 2.31. The van der Waals surface area contributed by atoms with Crippen LogP contribution in [-0.4, -0.2) is 25.0 Å². The van der Waals surface area contributed by atoms with Crippen LogP contribution in [0.4, 0.5) is 5.82 Å². The molecule has 0 unspecified atom stereocenters. The molecule has 1 aromatic carbocycles. The van der Waals surface area contributed by atoms with Crippen molar-refractivity contribution in [3.63, 3.8) is 0 Å². The monoisotopic (exact) mass is 255 g/mol. The van der Waals surface area contributed by atoms with E-state index in [1.165, 1.54) is 11.9 Å². The second kappa shape index (κ2) is 4.99. The number of nitrogen functional groups attached to an aromatic ring is 1. The molecule has 3 N–H and O–H groups in total. The van der Waals surface area contributed by atoms with Gasteiger partial charge in [0, 0.05) is 6.54 Å². The van der Waals surface area contributed by atoms with Crippen LogP contribution in [0, 0.1) is 0 Å². The third-order valence-corrected chi connectivity index (χ3v) is 2.89. The Morgan fingerprint density at radius 2 is 2.00 bits per heavy atom. The minimum absolute atomic E-state index is 0.482. The topological polar surface area (TPSA) is 94.5 Å². The van der Waals surface area contributed by atoms with Crippen LogP contribution < -0.4 is 11.3 Å². The van der Waals surface area contributed by atoms with E-state index in [4.69, 9.17) is 5.84 Å². The molecule has 7 heteroatoms.